The lowest BCUT2D eigenvalue weighted by atomic mass is 10.1. The van der Waals surface area contributed by atoms with Gasteiger partial charge in [0.2, 0.25) is 0 Å². The van der Waals surface area contributed by atoms with E-state index in [1.807, 2.05) is 23.0 Å². The lowest BCUT2D eigenvalue weighted by Gasteiger charge is -2.07. The quantitative estimate of drug-likeness (QED) is 0.842. The first-order valence-electron chi connectivity index (χ1n) is 6.41. The maximum absolute atomic E-state index is 4.43. The number of nitrogens with zero attached hydrogens (tertiary/aromatic N) is 4. The van der Waals surface area contributed by atoms with E-state index in [2.05, 4.69) is 34.5 Å². The van der Waals surface area contributed by atoms with Gasteiger partial charge in [-0.2, -0.15) is 10.2 Å². The van der Waals surface area contributed by atoms with Crippen molar-refractivity contribution < 1.29 is 0 Å². The van der Waals surface area contributed by atoms with Crippen molar-refractivity contribution in [3.63, 3.8) is 0 Å². The highest BCUT2D eigenvalue weighted by atomic mass is 15.3. The molecule has 18 heavy (non-hydrogen) atoms. The Morgan fingerprint density at radius 1 is 1.33 bits per heavy atom. The fourth-order valence-electron chi connectivity index (χ4n) is 1.92. The third-order valence-corrected chi connectivity index (χ3v) is 2.78. The first kappa shape index (κ1) is 12.7. The molecule has 2 rings (SSSR count). The summed E-state index contributed by atoms with van der Waals surface area (Å²) < 4.78 is 1.89. The van der Waals surface area contributed by atoms with Crippen LogP contribution in [0.25, 0.3) is 5.82 Å². The Balaban J connectivity index is 2.32. The van der Waals surface area contributed by atoms with Gasteiger partial charge in [-0.25, -0.2) is 4.68 Å². The summed E-state index contributed by atoms with van der Waals surface area (Å²) in [5.41, 5.74) is 2.46. The maximum Gasteiger partial charge on any atom is 0.175 e. The largest absolute Gasteiger partial charge is 0.313 e. The highest BCUT2D eigenvalue weighted by Crippen LogP contribution is 2.14. The van der Waals surface area contributed by atoms with E-state index in [-0.39, 0.29) is 0 Å². The van der Waals surface area contributed by atoms with Crippen LogP contribution in [0.3, 0.4) is 0 Å². The molecule has 0 unspecified atom stereocenters. The monoisotopic (exact) mass is 245 g/mol. The van der Waals surface area contributed by atoms with E-state index in [1.165, 1.54) is 11.3 Å². The molecule has 2 aromatic rings. The van der Waals surface area contributed by atoms with Crippen LogP contribution >= 0.6 is 0 Å². The molecule has 5 nitrogen and oxygen atoms in total. The molecule has 0 saturated heterocycles. The molecule has 2 aromatic heterocycles. The van der Waals surface area contributed by atoms with Crippen LogP contribution in [0.4, 0.5) is 0 Å². The zero-order valence-electron chi connectivity index (χ0n) is 10.9. The van der Waals surface area contributed by atoms with E-state index < -0.39 is 0 Å². The van der Waals surface area contributed by atoms with Crippen molar-refractivity contribution in [2.24, 2.45) is 0 Å². The molecular formula is C13H19N5. The molecule has 96 valence electrons. The summed E-state index contributed by atoms with van der Waals surface area (Å²) in [6, 6.07) is 3.81. The molecule has 0 fully saturated rings. The van der Waals surface area contributed by atoms with Crippen molar-refractivity contribution in [3.8, 4) is 5.82 Å². The van der Waals surface area contributed by atoms with Gasteiger partial charge in [0.05, 0.1) is 11.9 Å². The minimum absolute atomic E-state index is 0.781. The minimum atomic E-state index is 0.781. The van der Waals surface area contributed by atoms with E-state index >= 15 is 0 Å². The van der Waals surface area contributed by atoms with Crippen molar-refractivity contribution in [1.82, 2.24) is 25.3 Å². The van der Waals surface area contributed by atoms with Crippen LogP contribution < -0.4 is 5.32 Å². The van der Waals surface area contributed by atoms with Gasteiger partial charge in [-0.1, -0.05) is 20.3 Å². The lowest BCUT2D eigenvalue weighted by Crippen LogP contribution is -2.14. The van der Waals surface area contributed by atoms with Crippen molar-refractivity contribution in [3.05, 3.63) is 35.8 Å². The molecule has 0 atom stereocenters. The van der Waals surface area contributed by atoms with Crippen LogP contribution in [0.15, 0.2) is 24.5 Å². The number of nitrogens with one attached hydrogen (secondary N) is 1. The third-order valence-electron chi connectivity index (χ3n) is 2.78. The second-order valence-corrected chi connectivity index (χ2v) is 4.14. The predicted molar refractivity (Wildman–Crippen MR) is 70.5 cm³/mol. The van der Waals surface area contributed by atoms with Gasteiger partial charge in [0.25, 0.3) is 0 Å². The number of rotatable bonds is 6. The summed E-state index contributed by atoms with van der Waals surface area (Å²) >= 11 is 0. The lowest BCUT2D eigenvalue weighted by molar-refractivity contribution is 0.701. The molecule has 0 aliphatic carbocycles. The van der Waals surface area contributed by atoms with Gasteiger partial charge < -0.3 is 5.32 Å². The molecule has 2 heterocycles. The molecule has 0 saturated carbocycles. The summed E-state index contributed by atoms with van der Waals surface area (Å²) in [7, 11) is 0. The van der Waals surface area contributed by atoms with Crippen LogP contribution in [-0.4, -0.2) is 26.5 Å². The Morgan fingerprint density at radius 2 is 2.22 bits per heavy atom. The van der Waals surface area contributed by atoms with Crippen molar-refractivity contribution in [1.29, 1.82) is 0 Å². The molecule has 5 heteroatoms. The molecule has 0 spiro atoms. The van der Waals surface area contributed by atoms with Gasteiger partial charge in [0.1, 0.15) is 0 Å². The van der Waals surface area contributed by atoms with Gasteiger partial charge in [-0.15, -0.1) is 5.10 Å². The van der Waals surface area contributed by atoms with Crippen molar-refractivity contribution >= 4 is 0 Å². The Labute approximate surface area is 107 Å². The molecule has 0 radical (unpaired) electrons. The van der Waals surface area contributed by atoms with E-state index in [0.29, 0.717) is 0 Å². The van der Waals surface area contributed by atoms with Crippen molar-refractivity contribution in [2.45, 2.75) is 33.2 Å². The summed E-state index contributed by atoms with van der Waals surface area (Å²) in [4.78, 5) is 0. The van der Waals surface area contributed by atoms with E-state index in [0.717, 1.165) is 31.7 Å². The summed E-state index contributed by atoms with van der Waals surface area (Å²) in [6.45, 7) is 6.09. The smallest absolute Gasteiger partial charge is 0.175 e. The van der Waals surface area contributed by atoms with Crippen LogP contribution in [0.1, 0.15) is 31.5 Å². The Morgan fingerprint density at radius 3 is 2.89 bits per heavy atom. The Kier molecular flexibility index (Phi) is 4.41. The predicted octanol–water partition coefficient (Wildman–Crippen LogP) is 1.72. The number of hydrogen-bond donors (Lipinski definition) is 1. The third kappa shape index (κ3) is 2.73. The Hall–Kier alpha value is -1.75. The van der Waals surface area contributed by atoms with Gasteiger partial charge in [-0.3, -0.25) is 0 Å². The number of aromatic nitrogens is 4. The van der Waals surface area contributed by atoms with Gasteiger partial charge in [-0.05, 0) is 25.1 Å². The Bertz CT molecular complexity index is 477. The van der Waals surface area contributed by atoms with E-state index in [1.54, 1.807) is 6.20 Å². The average molecular weight is 245 g/mol. The zero-order valence-corrected chi connectivity index (χ0v) is 10.9. The molecular weight excluding hydrogens is 226 g/mol. The SMILES string of the molecule is CCCc1c(CNCC)cnn1-c1cccnn1. The van der Waals surface area contributed by atoms with Crippen LogP contribution in [0.2, 0.25) is 0 Å². The van der Waals surface area contributed by atoms with E-state index in [4.69, 9.17) is 0 Å². The van der Waals surface area contributed by atoms with Gasteiger partial charge in [0.15, 0.2) is 5.82 Å². The zero-order chi connectivity index (χ0) is 12.8. The normalized spacial score (nSPS) is 10.8. The van der Waals surface area contributed by atoms with Gasteiger partial charge >= 0.3 is 0 Å². The molecule has 0 amide bonds. The standard InChI is InChI=1S/C13H19N5/c1-3-6-12-11(9-14-4-2)10-16-18(12)13-7-5-8-15-17-13/h5,7-8,10,14H,3-4,6,9H2,1-2H3. The van der Waals surface area contributed by atoms with Crippen LogP contribution in [0.5, 0.6) is 0 Å². The summed E-state index contributed by atoms with van der Waals surface area (Å²) in [6.07, 6.45) is 5.68. The fraction of sp³-hybridized carbons (Fsp3) is 0.462. The molecule has 0 aromatic carbocycles. The topological polar surface area (TPSA) is 55.6 Å². The van der Waals surface area contributed by atoms with Gasteiger partial charge in [0, 0.05) is 18.3 Å². The first-order valence-corrected chi connectivity index (χ1v) is 6.41. The van der Waals surface area contributed by atoms with Crippen molar-refractivity contribution in [2.75, 3.05) is 6.54 Å². The highest BCUT2D eigenvalue weighted by molar-refractivity contribution is 5.28. The second-order valence-electron chi connectivity index (χ2n) is 4.14. The fourth-order valence-corrected chi connectivity index (χ4v) is 1.92. The maximum atomic E-state index is 4.43. The highest BCUT2D eigenvalue weighted by Gasteiger charge is 2.11. The average Bonchev–Trinajstić information content (AvgIpc) is 2.81. The molecule has 0 aliphatic heterocycles. The van der Waals surface area contributed by atoms with Crippen LogP contribution in [-0.2, 0) is 13.0 Å². The summed E-state index contributed by atoms with van der Waals surface area (Å²) in [5, 5.41) is 15.8. The first-order chi connectivity index (χ1) is 8.86. The molecule has 0 bridgehead atoms. The molecule has 0 aliphatic rings. The van der Waals surface area contributed by atoms with E-state index in [9.17, 15) is 0 Å². The summed E-state index contributed by atoms with van der Waals surface area (Å²) in [5.74, 6) is 0.781. The minimum Gasteiger partial charge on any atom is -0.313 e. The molecule has 1 N–H and O–H groups in total. The van der Waals surface area contributed by atoms with Crippen LogP contribution in [0, 0.1) is 0 Å². The second kappa shape index (κ2) is 6.26. The number of hydrogen-bond acceptors (Lipinski definition) is 4.